The fourth-order valence-electron chi connectivity index (χ4n) is 4.27. The summed E-state index contributed by atoms with van der Waals surface area (Å²) in [6.45, 7) is 6.13. The van der Waals surface area contributed by atoms with Crippen molar-refractivity contribution in [2.75, 3.05) is 4.90 Å². The molecule has 4 rings (SSSR count). The molecule has 0 radical (unpaired) electrons. The summed E-state index contributed by atoms with van der Waals surface area (Å²) < 4.78 is 0.510. The van der Waals surface area contributed by atoms with Crippen LogP contribution in [0.2, 0.25) is 0 Å². The summed E-state index contributed by atoms with van der Waals surface area (Å²) in [5, 5.41) is 17.6. The standard InChI is InChI=1S/C21H21N5OS2/c1-11-6-4-5-7-12(11)16-13(10-22)18(23)26(19-24-25-20(28)29-19)14-8-21(2,3)9-15(27)17(14)16/h4-7,16H,8-9,23H2,1-3H3,(H,25,28). The van der Waals surface area contributed by atoms with Crippen molar-refractivity contribution in [2.24, 2.45) is 11.1 Å². The number of nitriles is 1. The number of anilines is 1. The van der Waals surface area contributed by atoms with Gasteiger partial charge >= 0.3 is 0 Å². The molecule has 1 unspecified atom stereocenters. The van der Waals surface area contributed by atoms with Crippen LogP contribution < -0.4 is 10.6 Å². The van der Waals surface area contributed by atoms with E-state index >= 15 is 0 Å². The molecule has 2 aromatic rings. The molecule has 0 saturated heterocycles. The van der Waals surface area contributed by atoms with Crippen LogP contribution in [0.3, 0.4) is 0 Å². The van der Waals surface area contributed by atoms with Crippen LogP contribution in [0.1, 0.15) is 43.7 Å². The first-order chi connectivity index (χ1) is 13.7. The van der Waals surface area contributed by atoms with E-state index in [2.05, 4.69) is 30.1 Å². The van der Waals surface area contributed by atoms with Crippen LogP contribution in [-0.2, 0) is 4.79 Å². The summed E-state index contributed by atoms with van der Waals surface area (Å²) in [5.41, 5.74) is 10.1. The van der Waals surface area contributed by atoms with Gasteiger partial charge in [-0.25, -0.2) is 0 Å². The van der Waals surface area contributed by atoms with E-state index in [1.807, 2.05) is 31.2 Å². The lowest BCUT2D eigenvalue weighted by molar-refractivity contribution is -0.118. The Morgan fingerprint density at radius 3 is 2.72 bits per heavy atom. The van der Waals surface area contributed by atoms with E-state index in [1.54, 1.807) is 4.90 Å². The van der Waals surface area contributed by atoms with E-state index in [4.69, 9.17) is 18.0 Å². The monoisotopic (exact) mass is 423 g/mol. The Hall–Kier alpha value is -2.76. The van der Waals surface area contributed by atoms with E-state index in [-0.39, 0.29) is 11.2 Å². The summed E-state index contributed by atoms with van der Waals surface area (Å²) in [4.78, 5) is 15.1. The van der Waals surface area contributed by atoms with Crippen LogP contribution in [0.25, 0.3) is 0 Å². The summed E-state index contributed by atoms with van der Waals surface area (Å²) in [7, 11) is 0. The third-order valence-corrected chi connectivity index (χ3v) is 6.57. The third kappa shape index (κ3) is 3.20. The maximum Gasteiger partial charge on any atom is 0.216 e. The van der Waals surface area contributed by atoms with E-state index in [0.29, 0.717) is 38.9 Å². The van der Waals surface area contributed by atoms with Crippen molar-refractivity contribution in [1.82, 2.24) is 10.2 Å². The third-order valence-electron chi connectivity index (χ3n) is 5.50. The number of H-pyrrole nitrogens is 1. The molecule has 1 aliphatic carbocycles. The molecule has 8 heteroatoms. The largest absolute Gasteiger partial charge is 0.384 e. The molecule has 0 saturated carbocycles. The van der Waals surface area contributed by atoms with Gasteiger partial charge in [0.25, 0.3) is 0 Å². The molecule has 1 aliphatic heterocycles. The van der Waals surface area contributed by atoms with Crippen LogP contribution >= 0.6 is 23.6 Å². The van der Waals surface area contributed by atoms with Gasteiger partial charge in [0.2, 0.25) is 5.13 Å². The van der Waals surface area contributed by atoms with Crippen molar-refractivity contribution in [1.29, 1.82) is 5.26 Å². The van der Waals surface area contributed by atoms with Crippen molar-refractivity contribution in [2.45, 2.75) is 39.5 Å². The van der Waals surface area contributed by atoms with Gasteiger partial charge in [-0.1, -0.05) is 49.4 Å². The van der Waals surface area contributed by atoms with Gasteiger partial charge < -0.3 is 5.73 Å². The number of ketones is 1. The number of nitrogens with zero attached hydrogens (tertiary/aromatic N) is 3. The Kier molecular flexibility index (Phi) is 4.68. The minimum Gasteiger partial charge on any atom is -0.384 e. The van der Waals surface area contributed by atoms with E-state index in [0.717, 1.165) is 16.8 Å². The second-order valence-corrected chi connectivity index (χ2v) is 9.88. The maximum absolute atomic E-state index is 13.4. The number of aromatic amines is 1. The highest BCUT2D eigenvalue weighted by atomic mass is 32.1. The minimum absolute atomic E-state index is 0.0499. The number of aromatic nitrogens is 2. The van der Waals surface area contributed by atoms with Gasteiger partial charge in [0.15, 0.2) is 9.74 Å². The number of hydrogen-bond donors (Lipinski definition) is 2. The predicted molar refractivity (Wildman–Crippen MR) is 116 cm³/mol. The number of aryl methyl sites for hydroxylation is 1. The van der Waals surface area contributed by atoms with Crippen LogP contribution in [0.5, 0.6) is 0 Å². The molecule has 1 aromatic carbocycles. The van der Waals surface area contributed by atoms with Crippen molar-refractivity contribution < 1.29 is 4.79 Å². The second kappa shape index (κ2) is 6.94. The van der Waals surface area contributed by atoms with Gasteiger partial charge in [-0.3, -0.25) is 14.8 Å². The van der Waals surface area contributed by atoms with Gasteiger partial charge in [0.1, 0.15) is 5.82 Å². The molecule has 2 aliphatic rings. The number of allylic oxidation sites excluding steroid dienone is 3. The molecular weight excluding hydrogens is 402 g/mol. The normalized spacial score (nSPS) is 21.2. The smallest absolute Gasteiger partial charge is 0.216 e. The molecule has 0 spiro atoms. The molecule has 29 heavy (non-hydrogen) atoms. The van der Waals surface area contributed by atoms with E-state index in [9.17, 15) is 10.1 Å². The average molecular weight is 424 g/mol. The highest BCUT2D eigenvalue weighted by Gasteiger charge is 2.45. The van der Waals surface area contributed by atoms with Crippen LogP contribution in [0.4, 0.5) is 5.13 Å². The van der Waals surface area contributed by atoms with Gasteiger partial charge in [-0.15, -0.1) is 5.10 Å². The Labute approximate surface area is 178 Å². The zero-order valence-electron chi connectivity index (χ0n) is 16.4. The maximum atomic E-state index is 13.4. The number of nitrogens with two attached hydrogens (primary N) is 1. The number of carbonyl (C=O) groups is 1. The molecule has 0 amide bonds. The van der Waals surface area contributed by atoms with Crippen molar-refractivity contribution in [3.63, 3.8) is 0 Å². The fourth-order valence-corrected chi connectivity index (χ4v) is 5.18. The SMILES string of the molecule is Cc1ccccc1C1C(C#N)=C(N)N(c2n[nH]c(=S)s2)C2=C1C(=O)CC(C)(C)C2. The first-order valence-electron chi connectivity index (χ1n) is 9.30. The number of hydrogen-bond acceptors (Lipinski definition) is 7. The molecule has 2 heterocycles. The Morgan fingerprint density at radius 1 is 1.38 bits per heavy atom. The first kappa shape index (κ1) is 19.6. The average Bonchev–Trinajstić information content (AvgIpc) is 3.06. The molecule has 1 aromatic heterocycles. The van der Waals surface area contributed by atoms with Gasteiger partial charge in [0, 0.05) is 17.7 Å². The molecule has 6 nitrogen and oxygen atoms in total. The Bertz CT molecular complexity index is 1180. The molecule has 0 fully saturated rings. The summed E-state index contributed by atoms with van der Waals surface area (Å²) in [6, 6.07) is 10.1. The number of carbonyl (C=O) groups excluding carboxylic acids is 1. The first-order valence-corrected chi connectivity index (χ1v) is 10.5. The van der Waals surface area contributed by atoms with Crippen LogP contribution in [0.15, 0.2) is 46.9 Å². The fraction of sp³-hybridized carbons (Fsp3) is 0.333. The predicted octanol–water partition coefficient (Wildman–Crippen LogP) is 4.45. The van der Waals surface area contributed by atoms with Crippen molar-refractivity contribution in [3.8, 4) is 6.07 Å². The number of benzene rings is 1. The zero-order chi connectivity index (χ0) is 20.9. The Balaban J connectivity index is 2.03. The lowest BCUT2D eigenvalue weighted by atomic mass is 9.68. The van der Waals surface area contributed by atoms with Crippen LogP contribution in [0, 0.1) is 27.6 Å². The summed E-state index contributed by atoms with van der Waals surface area (Å²) >= 11 is 6.47. The van der Waals surface area contributed by atoms with E-state index in [1.165, 1.54) is 11.3 Å². The number of nitrogens with one attached hydrogen (secondary N) is 1. The highest BCUT2D eigenvalue weighted by Crippen LogP contribution is 2.50. The second-order valence-electron chi connectivity index (χ2n) is 8.23. The molecule has 148 valence electrons. The quantitative estimate of drug-likeness (QED) is 0.693. The summed E-state index contributed by atoms with van der Waals surface area (Å²) in [6.07, 6.45) is 1.08. The van der Waals surface area contributed by atoms with Gasteiger partial charge in [-0.05, 0) is 42.1 Å². The topological polar surface area (TPSA) is 98.8 Å². The van der Waals surface area contributed by atoms with Gasteiger partial charge in [-0.2, -0.15) is 5.26 Å². The van der Waals surface area contributed by atoms with Crippen molar-refractivity contribution in [3.05, 3.63) is 62.0 Å². The van der Waals surface area contributed by atoms with Crippen molar-refractivity contribution >= 4 is 34.5 Å². The lowest BCUT2D eigenvalue weighted by Crippen LogP contribution is -2.42. The Morgan fingerprint density at radius 2 is 2.10 bits per heavy atom. The number of Topliss-reactive ketones (excluding diaryl/α,β-unsaturated/α-hetero) is 1. The summed E-state index contributed by atoms with van der Waals surface area (Å²) in [5.74, 6) is -0.111. The molecule has 3 N–H and O–H groups in total. The molecular formula is C21H21N5OS2. The number of rotatable bonds is 2. The lowest BCUT2D eigenvalue weighted by Gasteiger charge is -2.42. The molecule has 0 bridgehead atoms. The van der Waals surface area contributed by atoms with Crippen LogP contribution in [-0.4, -0.2) is 16.0 Å². The van der Waals surface area contributed by atoms with Gasteiger partial charge in [0.05, 0.1) is 17.6 Å². The zero-order valence-corrected chi connectivity index (χ0v) is 18.1. The highest BCUT2D eigenvalue weighted by molar-refractivity contribution is 7.73. The minimum atomic E-state index is -0.469. The van der Waals surface area contributed by atoms with E-state index < -0.39 is 5.92 Å². The molecule has 1 atom stereocenters.